The van der Waals surface area contributed by atoms with Crippen LogP contribution in [0.15, 0.2) is 18.3 Å². The molecule has 0 aliphatic rings. The van der Waals surface area contributed by atoms with Gasteiger partial charge in [0.2, 0.25) is 0 Å². The summed E-state index contributed by atoms with van der Waals surface area (Å²) in [5.74, 6) is 1.05. The van der Waals surface area contributed by atoms with E-state index in [4.69, 9.17) is 5.73 Å². The molecule has 0 bridgehead atoms. The highest BCUT2D eigenvalue weighted by atomic mass is 15.2. The van der Waals surface area contributed by atoms with Crippen LogP contribution in [-0.2, 0) is 6.42 Å². The van der Waals surface area contributed by atoms with Crippen molar-refractivity contribution in [2.24, 2.45) is 5.73 Å². The van der Waals surface area contributed by atoms with E-state index in [9.17, 15) is 0 Å². The number of hydrogen-bond donors (Lipinski definition) is 1. The molecule has 2 N–H and O–H groups in total. The van der Waals surface area contributed by atoms with Gasteiger partial charge < -0.3 is 5.73 Å². The molecule has 0 amide bonds. The molecule has 2 heterocycles. The van der Waals surface area contributed by atoms with Crippen LogP contribution >= 0.6 is 0 Å². The molecule has 0 aromatic carbocycles. The van der Waals surface area contributed by atoms with Crippen LogP contribution in [0, 0.1) is 6.92 Å². The molecule has 4 heteroatoms. The number of nitrogens with two attached hydrogens (primary N) is 1. The summed E-state index contributed by atoms with van der Waals surface area (Å²) in [6, 6.07) is 4.14. The molecule has 0 fully saturated rings. The Morgan fingerprint density at radius 2 is 2.12 bits per heavy atom. The Morgan fingerprint density at radius 3 is 2.94 bits per heavy atom. The van der Waals surface area contributed by atoms with E-state index >= 15 is 0 Å². The summed E-state index contributed by atoms with van der Waals surface area (Å²) in [5, 5.41) is 8.38. The van der Waals surface area contributed by atoms with Gasteiger partial charge in [-0.05, 0) is 44.0 Å². The Hall–Kier alpha value is -1.42. The number of nitrogens with zero attached hydrogens (tertiary/aromatic N) is 3. The molecule has 86 valence electrons. The first-order chi connectivity index (χ1) is 7.81. The molecule has 0 saturated carbocycles. The Balaban J connectivity index is 2.07. The van der Waals surface area contributed by atoms with E-state index in [1.165, 1.54) is 5.56 Å². The van der Waals surface area contributed by atoms with Crippen molar-refractivity contribution in [3.8, 4) is 0 Å². The van der Waals surface area contributed by atoms with Crippen LogP contribution in [0.3, 0.4) is 0 Å². The topological polar surface area (TPSA) is 56.2 Å². The number of unbranched alkanes of at least 4 members (excludes halogenated alkanes) is 2. The molecule has 0 spiro atoms. The average Bonchev–Trinajstić information content (AvgIpc) is 2.67. The van der Waals surface area contributed by atoms with Gasteiger partial charge in [-0.2, -0.15) is 0 Å². The number of pyridine rings is 1. The van der Waals surface area contributed by atoms with Gasteiger partial charge >= 0.3 is 0 Å². The maximum absolute atomic E-state index is 5.46. The van der Waals surface area contributed by atoms with E-state index in [2.05, 4.69) is 33.7 Å². The third-order valence-electron chi connectivity index (χ3n) is 2.74. The third-order valence-corrected chi connectivity index (χ3v) is 2.74. The van der Waals surface area contributed by atoms with Crippen molar-refractivity contribution in [1.82, 2.24) is 14.6 Å². The molecule has 0 aliphatic heterocycles. The van der Waals surface area contributed by atoms with Gasteiger partial charge in [0.05, 0.1) is 0 Å². The zero-order chi connectivity index (χ0) is 11.4. The summed E-state index contributed by atoms with van der Waals surface area (Å²) in [6.07, 6.45) is 6.41. The zero-order valence-electron chi connectivity index (χ0n) is 9.69. The van der Waals surface area contributed by atoms with Crippen molar-refractivity contribution in [3.63, 3.8) is 0 Å². The van der Waals surface area contributed by atoms with Gasteiger partial charge in [-0.25, -0.2) is 0 Å². The van der Waals surface area contributed by atoms with Crippen LogP contribution < -0.4 is 5.73 Å². The molecule has 0 saturated heterocycles. The first-order valence-corrected chi connectivity index (χ1v) is 5.81. The smallest absolute Gasteiger partial charge is 0.161 e. The van der Waals surface area contributed by atoms with Gasteiger partial charge in [-0.15, -0.1) is 10.2 Å². The molecular formula is C12H18N4. The minimum absolute atomic E-state index is 0.778. The molecule has 0 aliphatic carbocycles. The van der Waals surface area contributed by atoms with E-state index in [1.807, 2.05) is 6.20 Å². The van der Waals surface area contributed by atoms with Gasteiger partial charge in [0.1, 0.15) is 5.82 Å². The van der Waals surface area contributed by atoms with Gasteiger partial charge in [0.15, 0.2) is 5.65 Å². The predicted molar refractivity (Wildman–Crippen MR) is 64.3 cm³/mol. The monoisotopic (exact) mass is 218 g/mol. The van der Waals surface area contributed by atoms with Crippen molar-refractivity contribution in [3.05, 3.63) is 29.7 Å². The molecule has 0 unspecified atom stereocenters. The van der Waals surface area contributed by atoms with Crippen molar-refractivity contribution < 1.29 is 0 Å². The Kier molecular flexibility index (Phi) is 3.51. The highest BCUT2D eigenvalue weighted by molar-refractivity contribution is 5.40. The molecule has 0 radical (unpaired) electrons. The van der Waals surface area contributed by atoms with Crippen LogP contribution in [0.25, 0.3) is 5.65 Å². The second-order valence-corrected chi connectivity index (χ2v) is 4.15. The molecule has 2 rings (SSSR count). The maximum atomic E-state index is 5.46. The van der Waals surface area contributed by atoms with E-state index in [0.717, 1.165) is 43.7 Å². The van der Waals surface area contributed by atoms with E-state index in [-0.39, 0.29) is 0 Å². The second-order valence-electron chi connectivity index (χ2n) is 4.15. The quantitative estimate of drug-likeness (QED) is 0.777. The maximum Gasteiger partial charge on any atom is 0.161 e. The fraction of sp³-hybridized carbons (Fsp3) is 0.500. The van der Waals surface area contributed by atoms with E-state index in [1.54, 1.807) is 0 Å². The summed E-state index contributed by atoms with van der Waals surface area (Å²) < 4.78 is 2.06. The summed E-state index contributed by atoms with van der Waals surface area (Å²) in [6.45, 7) is 2.84. The standard InChI is InChI=1S/C12H18N4/c1-10-6-8-16-11(5-3-2-4-7-13)14-15-12(16)9-10/h6,8-9H,2-5,7,13H2,1H3. The lowest BCUT2D eigenvalue weighted by Crippen LogP contribution is -1.99. The van der Waals surface area contributed by atoms with Gasteiger partial charge in [-0.1, -0.05) is 6.42 Å². The average molecular weight is 218 g/mol. The number of aryl methyl sites for hydroxylation is 2. The third kappa shape index (κ3) is 2.39. The first kappa shape index (κ1) is 11.1. The number of fused-ring (bicyclic) bond motifs is 1. The zero-order valence-corrected chi connectivity index (χ0v) is 9.69. The van der Waals surface area contributed by atoms with Crippen LogP contribution in [-0.4, -0.2) is 21.1 Å². The van der Waals surface area contributed by atoms with Gasteiger partial charge in [-0.3, -0.25) is 4.40 Å². The second kappa shape index (κ2) is 5.07. The number of hydrogen-bond acceptors (Lipinski definition) is 3. The molecule has 0 atom stereocenters. The van der Waals surface area contributed by atoms with E-state index < -0.39 is 0 Å². The van der Waals surface area contributed by atoms with Gasteiger partial charge in [0.25, 0.3) is 0 Å². The fourth-order valence-corrected chi connectivity index (χ4v) is 1.82. The first-order valence-electron chi connectivity index (χ1n) is 5.81. The van der Waals surface area contributed by atoms with Crippen LogP contribution in [0.5, 0.6) is 0 Å². The molecule has 16 heavy (non-hydrogen) atoms. The highest BCUT2D eigenvalue weighted by Crippen LogP contribution is 2.09. The largest absolute Gasteiger partial charge is 0.330 e. The van der Waals surface area contributed by atoms with Crippen molar-refractivity contribution in [1.29, 1.82) is 0 Å². The lowest BCUT2D eigenvalue weighted by molar-refractivity contribution is 0.665. The molecule has 2 aromatic rings. The van der Waals surface area contributed by atoms with Crippen LogP contribution in [0.1, 0.15) is 30.7 Å². The number of rotatable bonds is 5. The van der Waals surface area contributed by atoms with Crippen molar-refractivity contribution >= 4 is 5.65 Å². The van der Waals surface area contributed by atoms with E-state index in [0.29, 0.717) is 0 Å². The highest BCUT2D eigenvalue weighted by Gasteiger charge is 2.04. The lowest BCUT2D eigenvalue weighted by atomic mass is 10.2. The normalized spacial score (nSPS) is 11.1. The van der Waals surface area contributed by atoms with Crippen LogP contribution in [0.4, 0.5) is 0 Å². The molecular weight excluding hydrogens is 200 g/mol. The Morgan fingerprint density at radius 1 is 1.25 bits per heavy atom. The fourth-order valence-electron chi connectivity index (χ4n) is 1.82. The minimum Gasteiger partial charge on any atom is -0.330 e. The molecule has 2 aromatic heterocycles. The summed E-state index contributed by atoms with van der Waals surface area (Å²) >= 11 is 0. The minimum atomic E-state index is 0.778. The summed E-state index contributed by atoms with van der Waals surface area (Å²) in [4.78, 5) is 0. The summed E-state index contributed by atoms with van der Waals surface area (Å²) in [5.41, 5.74) is 7.62. The van der Waals surface area contributed by atoms with Crippen molar-refractivity contribution in [2.45, 2.75) is 32.6 Å². The summed E-state index contributed by atoms with van der Waals surface area (Å²) in [7, 11) is 0. The molecule has 4 nitrogen and oxygen atoms in total. The Bertz CT molecular complexity index is 461. The predicted octanol–water partition coefficient (Wildman–Crippen LogP) is 1.71. The van der Waals surface area contributed by atoms with Crippen molar-refractivity contribution in [2.75, 3.05) is 6.54 Å². The SMILES string of the molecule is Cc1ccn2c(CCCCCN)nnc2c1. The number of aromatic nitrogens is 3. The van der Waals surface area contributed by atoms with Gasteiger partial charge in [0, 0.05) is 12.6 Å². The lowest BCUT2D eigenvalue weighted by Gasteiger charge is -2.00. The van der Waals surface area contributed by atoms with Crippen LogP contribution in [0.2, 0.25) is 0 Å². The Labute approximate surface area is 95.5 Å².